The molecule has 200 valence electrons. The van der Waals surface area contributed by atoms with Gasteiger partial charge in [0, 0.05) is 45.1 Å². The first-order chi connectivity index (χ1) is 17.9. The van der Waals surface area contributed by atoms with E-state index in [2.05, 4.69) is 30.7 Å². The van der Waals surface area contributed by atoms with Gasteiger partial charge >= 0.3 is 6.09 Å². The summed E-state index contributed by atoms with van der Waals surface area (Å²) in [6, 6.07) is 8.35. The number of hydrogen-bond acceptors (Lipinski definition) is 7. The van der Waals surface area contributed by atoms with Crippen LogP contribution in [-0.4, -0.2) is 59.2 Å². The molecule has 4 aromatic rings. The summed E-state index contributed by atoms with van der Waals surface area (Å²) < 4.78 is 21.2. The van der Waals surface area contributed by atoms with Gasteiger partial charge in [-0.25, -0.2) is 14.8 Å². The number of aryl methyl sites for hydroxylation is 1. The zero-order valence-electron chi connectivity index (χ0n) is 22.8. The summed E-state index contributed by atoms with van der Waals surface area (Å²) in [6.07, 6.45) is 1.94. The number of pyridine rings is 1. The van der Waals surface area contributed by atoms with Gasteiger partial charge in [-0.2, -0.15) is 5.26 Å². The van der Waals surface area contributed by atoms with E-state index in [1.807, 2.05) is 18.4 Å². The number of ether oxygens (including phenoxy) is 3. The molecule has 0 saturated heterocycles. The van der Waals surface area contributed by atoms with Crippen LogP contribution in [-0.2, 0) is 21.8 Å². The first-order valence-electron chi connectivity index (χ1n) is 12.3. The number of imidazole rings is 1. The molecule has 1 atom stereocenters. The molecule has 3 aromatic heterocycles. The smallest absolute Gasteiger partial charge is 0.416 e. The maximum atomic E-state index is 12.0. The summed E-state index contributed by atoms with van der Waals surface area (Å²) in [5, 5.41) is 19.9. The molecule has 11 heteroatoms. The maximum Gasteiger partial charge on any atom is 0.416 e. The number of carbonyl (C=O) groups is 1. The first kappa shape index (κ1) is 27.3. The van der Waals surface area contributed by atoms with Gasteiger partial charge in [0.25, 0.3) is 0 Å². The van der Waals surface area contributed by atoms with Crippen LogP contribution in [0.15, 0.2) is 30.6 Å². The molecular formula is C27H33N5O5Si. The molecule has 0 spiro atoms. The molecule has 4 rings (SSSR count). The highest BCUT2D eigenvalue weighted by molar-refractivity contribution is 6.76. The Morgan fingerprint density at radius 3 is 2.61 bits per heavy atom. The van der Waals surface area contributed by atoms with E-state index in [4.69, 9.17) is 19.2 Å². The van der Waals surface area contributed by atoms with Crippen molar-refractivity contribution in [3.05, 3.63) is 53.1 Å². The Kier molecular flexibility index (Phi) is 7.34. The standard InChI is InChI=1S/C27H33N5O5Si/c1-17-12-21(35-3)22(19-8-9-31(23(17)19)26(33)34)27(2,36-4)25-30-20-13-18(14-28)15-29-24(20)32(25)16-37-10-11-38(5,6)7/h8-9,12-13,15H,10-11,16H2,1-7H3,(H,33,34). The molecule has 0 aliphatic heterocycles. The number of hydrogen-bond donors (Lipinski definition) is 1. The van der Waals surface area contributed by atoms with Gasteiger partial charge in [-0.15, -0.1) is 0 Å². The minimum absolute atomic E-state index is 0.182. The van der Waals surface area contributed by atoms with E-state index >= 15 is 0 Å². The highest BCUT2D eigenvalue weighted by Gasteiger charge is 2.40. The van der Waals surface area contributed by atoms with Gasteiger partial charge in [-0.05, 0) is 43.7 Å². The lowest BCUT2D eigenvalue weighted by atomic mass is 9.89. The molecule has 1 unspecified atom stereocenters. The van der Waals surface area contributed by atoms with E-state index in [0.29, 0.717) is 51.4 Å². The summed E-state index contributed by atoms with van der Waals surface area (Å²) >= 11 is 0. The fourth-order valence-corrected chi connectivity index (χ4v) is 5.47. The molecule has 0 fully saturated rings. The number of aromatic nitrogens is 4. The van der Waals surface area contributed by atoms with Gasteiger partial charge in [0.05, 0.1) is 18.2 Å². The topological polar surface area (TPSA) is 124 Å². The van der Waals surface area contributed by atoms with E-state index in [1.54, 1.807) is 32.4 Å². The van der Waals surface area contributed by atoms with Crippen LogP contribution < -0.4 is 4.74 Å². The molecule has 0 saturated carbocycles. The van der Waals surface area contributed by atoms with Crippen LogP contribution in [0, 0.1) is 18.3 Å². The van der Waals surface area contributed by atoms with Gasteiger partial charge < -0.3 is 19.3 Å². The van der Waals surface area contributed by atoms with Crippen molar-refractivity contribution < 1.29 is 24.1 Å². The van der Waals surface area contributed by atoms with E-state index < -0.39 is 19.8 Å². The predicted molar refractivity (Wildman–Crippen MR) is 146 cm³/mol. The van der Waals surface area contributed by atoms with Gasteiger partial charge in [-0.1, -0.05) is 19.6 Å². The SMILES string of the molecule is COc1cc(C)c2c(ccn2C(=O)O)c1C(C)(OC)c1nc2cc(C#N)cnc2n1COCC[Si](C)(C)C. The molecule has 0 aliphatic rings. The molecule has 38 heavy (non-hydrogen) atoms. The van der Waals surface area contributed by atoms with Crippen molar-refractivity contribution in [2.45, 2.75) is 51.9 Å². The largest absolute Gasteiger partial charge is 0.496 e. The third-order valence-corrected chi connectivity index (χ3v) is 8.50. The Bertz CT molecular complexity index is 1560. The van der Waals surface area contributed by atoms with Gasteiger partial charge in [0.2, 0.25) is 0 Å². The van der Waals surface area contributed by atoms with Crippen molar-refractivity contribution in [3.8, 4) is 11.8 Å². The molecule has 0 amide bonds. The van der Waals surface area contributed by atoms with Crippen LogP contribution >= 0.6 is 0 Å². The molecule has 0 bridgehead atoms. The van der Waals surface area contributed by atoms with Crippen LogP contribution in [0.2, 0.25) is 25.7 Å². The zero-order valence-corrected chi connectivity index (χ0v) is 23.8. The number of methoxy groups -OCH3 is 2. The van der Waals surface area contributed by atoms with Gasteiger partial charge in [-0.3, -0.25) is 9.13 Å². The Hall–Kier alpha value is -3.72. The quantitative estimate of drug-likeness (QED) is 0.225. The Balaban J connectivity index is 1.97. The van der Waals surface area contributed by atoms with Crippen molar-refractivity contribution >= 4 is 36.2 Å². The molecule has 3 heterocycles. The van der Waals surface area contributed by atoms with Crippen molar-refractivity contribution in [2.24, 2.45) is 0 Å². The number of carboxylic acid groups (broad SMARTS) is 1. The number of benzene rings is 1. The zero-order chi connectivity index (χ0) is 27.8. The van der Waals surface area contributed by atoms with Crippen LogP contribution in [0.3, 0.4) is 0 Å². The van der Waals surface area contributed by atoms with Crippen LogP contribution in [0.1, 0.15) is 29.4 Å². The average molecular weight is 536 g/mol. The van der Waals surface area contributed by atoms with Crippen molar-refractivity contribution in [1.29, 1.82) is 5.26 Å². The predicted octanol–water partition coefficient (Wildman–Crippen LogP) is 5.32. The molecular weight excluding hydrogens is 502 g/mol. The van der Waals surface area contributed by atoms with Crippen molar-refractivity contribution in [1.82, 2.24) is 19.1 Å². The molecule has 1 N–H and O–H groups in total. The molecule has 10 nitrogen and oxygen atoms in total. The minimum atomic E-state index is -1.30. The summed E-state index contributed by atoms with van der Waals surface area (Å²) in [6.45, 7) is 11.4. The number of rotatable bonds is 9. The fourth-order valence-electron chi connectivity index (χ4n) is 4.72. The third-order valence-electron chi connectivity index (χ3n) is 6.79. The Labute approximate surface area is 222 Å². The van der Waals surface area contributed by atoms with E-state index in [0.717, 1.165) is 11.6 Å². The van der Waals surface area contributed by atoms with E-state index in [-0.39, 0.29) is 6.73 Å². The Morgan fingerprint density at radius 1 is 1.26 bits per heavy atom. The minimum Gasteiger partial charge on any atom is -0.496 e. The van der Waals surface area contributed by atoms with Crippen LogP contribution in [0.4, 0.5) is 4.79 Å². The van der Waals surface area contributed by atoms with E-state index in [1.165, 1.54) is 17.0 Å². The second kappa shape index (κ2) is 10.2. The van der Waals surface area contributed by atoms with Gasteiger partial charge in [0.1, 0.15) is 29.9 Å². The maximum absolute atomic E-state index is 12.0. The highest BCUT2D eigenvalue weighted by Crippen LogP contribution is 2.44. The number of nitrogens with zero attached hydrogens (tertiary/aromatic N) is 5. The van der Waals surface area contributed by atoms with Crippen LogP contribution in [0.25, 0.3) is 22.1 Å². The first-order valence-corrected chi connectivity index (χ1v) is 16.0. The second-order valence-corrected chi connectivity index (χ2v) is 16.2. The van der Waals surface area contributed by atoms with Gasteiger partial charge in [0.15, 0.2) is 11.2 Å². The summed E-state index contributed by atoms with van der Waals surface area (Å²) in [5.41, 5.74) is 2.19. The van der Waals surface area contributed by atoms with Crippen LogP contribution in [0.5, 0.6) is 5.75 Å². The normalized spacial score (nSPS) is 13.5. The number of nitriles is 1. The summed E-state index contributed by atoms with van der Waals surface area (Å²) in [7, 11) is 1.84. The molecule has 0 aliphatic carbocycles. The number of fused-ring (bicyclic) bond motifs is 2. The third kappa shape index (κ3) is 4.78. The molecule has 1 aromatic carbocycles. The lowest BCUT2D eigenvalue weighted by molar-refractivity contribution is 0.0171. The second-order valence-electron chi connectivity index (χ2n) is 10.6. The molecule has 0 radical (unpaired) electrons. The van der Waals surface area contributed by atoms with Crippen molar-refractivity contribution in [3.63, 3.8) is 0 Å². The van der Waals surface area contributed by atoms with Crippen molar-refractivity contribution in [2.75, 3.05) is 20.8 Å². The fraction of sp³-hybridized carbons (Fsp3) is 0.407. The summed E-state index contributed by atoms with van der Waals surface area (Å²) in [4.78, 5) is 21.4. The van der Waals surface area contributed by atoms with E-state index in [9.17, 15) is 15.2 Å². The summed E-state index contributed by atoms with van der Waals surface area (Å²) in [5.74, 6) is 1.03. The average Bonchev–Trinajstić information content (AvgIpc) is 3.48. The monoisotopic (exact) mass is 535 g/mol. The lowest BCUT2D eigenvalue weighted by Crippen LogP contribution is -2.32. The lowest BCUT2D eigenvalue weighted by Gasteiger charge is -2.31. The highest BCUT2D eigenvalue weighted by atomic mass is 28.3. The Morgan fingerprint density at radius 2 is 2.00 bits per heavy atom.